The first-order valence-electron chi connectivity index (χ1n) is 0.752. The summed E-state index contributed by atoms with van der Waals surface area (Å²) in [4.78, 5) is 0. The Labute approximate surface area is 43.0 Å². The van der Waals surface area contributed by atoms with Gasteiger partial charge in [-0.3, -0.25) is 4.55 Å². The number of hydrogen-bond acceptors (Lipinski definition) is 4. The lowest BCUT2D eigenvalue weighted by molar-refractivity contribution is 0.320. The highest BCUT2D eigenvalue weighted by atomic mass is 32.2. The van der Waals surface area contributed by atoms with E-state index in [9.17, 15) is 0 Å². The van der Waals surface area contributed by atoms with Crippen LogP contribution < -0.4 is 12.0 Å². The normalized spacial score (nSPS) is 10.6. The van der Waals surface area contributed by atoms with Crippen molar-refractivity contribution in [1.82, 2.24) is 6.15 Å². The maximum absolute atomic E-state index is 9.13. The van der Waals surface area contributed by atoms with Crippen LogP contribution in [-0.4, -0.2) is 14.2 Å². The van der Waals surface area contributed by atoms with Crippen LogP contribution >= 0.6 is 0 Å². The molecule has 0 spiro atoms. The molecule has 8 N–H and O–H groups in total. The van der Waals surface area contributed by atoms with Crippen molar-refractivity contribution in [1.29, 1.82) is 0 Å². The van der Waals surface area contributed by atoms with Gasteiger partial charge in [0.25, 0.3) is 0 Å². The standard InChI is InChI=1S/H3NO3S.H3N.H2O/c1-4-5(2)3;;/h1H2,(H,2,3);1H3;1H2. The first kappa shape index (κ1) is 15.8. The van der Waals surface area contributed by atoms with Crippen molar-refractivity contribution in [2.75, 3.05) is 0 Å². The Morgan fingerprint density at radius 1 is 1.71 bits per heavy atom. The molecule has 0 amide bonds. The summed E-state index contributed by atoms with van der Waals surface area (Å²) in [7, 11) is 0. The second kappa shape index (κ2) is 9.34. The van der Waals surface area contributed by atoms with Crippen molar-refractivity contribution in [3.8, 4) is 0 Å². The Bertz CT molecular complexity index is 45.0. The molecule has 0 fully saturated rings. The minimum absolute atomic E-state index is 0. The molecule has 1 unspecified atom stereocenters. The first-order chi connectivity index (χ1) is 2.27. The summed E-state index contributed by atoms with van der Waals surface area (Å²) in [6.45, 7) is 0. The van der Waals surface area contributed by atoms with Gasteiger partial charge in [0.15, 0.2) is 0 Å². The smallest absolute Gasteiger partial charge is 0.319 e. The van der Waals surface area contributed by atoms with E-state index in [1.807, 2.05) is 0 Å². The van der Waals surface area contributed by atoms with Gasteiger partial charge in [-0.05, 0) is 0 Å². The predicted molar refractivity (Wildman–Crippen MR) is 24.7 cm³/mol. The fourth-order valence-corrected chi connectivity index (χ4v) is 0. The predicted octanol–water partition coefficient (Wildman–Crippen LogP) is -1.65. The van der Waals surface area contributed by atoms with Crippen LogP contribution in [0.3, 0.4) is 0 Å². The third-order valence-corrected chi connectivity index (χ3v) is 0.247. The molecule has 0 heterocycles. The van der Waals surface area contributed by atoms with Crippen LogP contribution in [0.4, 0.5) is 0 Å². The second-order valence-electron chi connectivity index (χ2n) is 0.313. The van der Waals surface area contributed by atoms with E-state index in [4.69, 9.17) is 8.76 Å². The van der Waals surface area contributed by atoms with E-state index in [-0.39, 0.29) is 11.6 Å². The van der Waals surface area contributed by atoms with Gasteiger partial charge >= 0.3 is 11.4 Å². The van der Waals surface area contributed by atoms with Crippen molar-refractivity contribution < 1.29 is 18.5 Å². The van der Waals surface area contributed by atoms with Crippen molar-refractivity contribution in [3.05, 3.63) is 0 Å². The largest absolute Gasteiger partial charge is 0.412 e. The number of rotatable bonds is 1. The van der Waals surface area contributed by atoms with Gasteiger partial charge in [0, 0.05) is 0 Å². The molecule has 48 valence electrons. The van der Waals surface area contributed by atoms with Crippen LogP contribution in [0.25, 0.3) is 0 Å². The molecule has 0 rings (SSSR count). The Balaban J connectivity index is -0.0000000800. The zero-order valence-corrected chi connectivity index (χ0v) is 4.27. The van der Waals surface area contributed by atoms with Gasteiger partial charge in [-0.25, -0.2) is 0 Å². The van der Waals surface area contributed by atoms with Gasteiger partial charge in [-0.1, -0.05) is 0 Å². The Kier molecular flexibility index (Phi) is 21.1. The summed E-state index contributed by atoms with van der Waals surface area (Å²) in [5.74, 6) is 4.12. The van der Waals surface area contributed by atoms with E-state index in [2.05, 4.69) is 10.2 Å². The Hall–Kier alpha value is -0.0500. The molecule has 0 aromatic carbocycles. The van der Waals surface area contributed by atoms with E-state index in [0.717, 1.165) is 0 Å². The zero-order chi connectivity index (χ0) is 4.28. The molecule has 0 saturated heterocycles. The maximum atomic E-state index is 9.13. The Morgan fingerprint density at radius 2 is 1.86 bits per heavy atom. The van der Waals surface area contributed by atoms with Gasteiger partial charge in [0.2, 0.25) is 0 Å². The maximum Gasteiger partial charge on any atom is 0.319 e. The topological polar surface area (TPSA) is 139 Å². The molecule has 0 radical (unpaired) electrons. The lowest BCUT2D eigenvalue weighted by atomic mass is 13.6. The molecule has 6 nitrogen and oxygen atoms in total. The van der Waals surface area contributed by atoms with E-state index in [0.29, 0.717) is 0 Å². The molecule has 0 aliphatic heterocycles. The van der Waals surface area contributed by atoms with Crippen LogP contribution in [0, 0.1) is 0 Å². The quantitative estimate of drug-likeness (QED) is 0.289. The summed E-state index contributed by atoms with van der Waals surface area (Å²) in [5.41, 5.74) is 0. The van der Waals surface area contributed by atoms with Gasteiger partial charge in [-0.15, -0.1) is 0 Å². The van der Waals surface area contributed by atoms with Gasteiger partial charge < -0.3 is 11.6 Å². The summed E-state index contributed by atoms with van der Waals surface area (Å²) in [6, 6.07) is 0. The fraction of sp³-hybridized carbons (Fsp3) is 0. The second-order valence-corrected chi connectivity index (χ2v) is 0.940. The number of nitrogens with two attached hydrogens (primary N) is 1. The third-order valence-electron chi connectivity index (χ3n) is 0.0823. The molecule has 0 aliphatic rings. The van der Waals surface area contributed by atoms with Crippen molar-refractivity contribution >= 4 is 11.4 Å². The molecular weight excluding hydrogens is 124 g/mol. The molecule has 7 heavy (non-hydrogen) atoms. The summed E-state index contributed by atoms with van der Waals surface area (Å²) < 4.78 is 19.9. The monoisotopic (exact) mass is 132 g/mol. The average molecular weight is 132 g/mol. The van der Waals surface area contributed by atoms with Gasteiger partial charge in [0.05, 0.1) is 0 Å². The molecule has 0 aliphatic carbocycles. The molecule has 7 heteroatoms. The summed E-state index contributed by atoms with van der Waals surface area (Å²) in [5, 5.41) is 0. The fourth-order valence-electron chi connectivity index (χ4n) is 0. The SMILES string of the molecule is N.NOS(=O)O.O. The lowest BCUT2D eigenvalue weighted by Gasteiger charge is -1.75. The Morgan fingerprint density at radius 3 is 1.86 bits per heavy atom. The van der Waals surface area contributed by atoms with Crippen molar-refractivity contribution in [3.63, 3.8) is 0 Å². The molecule has 0 bridgehead atoms. The molecular formula is H8N2O4S. The number of hydrogen-bond donors (Lipinski definition) is 3. The molecule has 0 aromatic heterocycles. The van der Waals surface area contributed by atoms with Gasteiger partial charge in [-0.2, -0.15) is 14.4 Å². The minimum Gasteiger partial charge on any atom is -0.412 e. The van der Waals surface area contributed by atoms with Crippen LogP contribution in [0.2, 0.25) is 0 Å². The highest BCUT2D eigenvalue weighted by Crippen LogP contribution is 1.58. The minimum atomic E-state index is -2.29. The molecule has 0 saturated carbocycles. The van der Waals surface area contributed by atoms with E-state index in [1.54, 1.807) is 0 Å². The highest BCUT2D eigenvalue weighted by molar-refractivity contribution is 7.74. The van der Waals surface area contributed by atoms with Crippen LogP contribution in [0.15, 0.2) is 0 Å². The summed E-state index contributed by atoms with van der Waals surface area (Å²) >= 11 is -2.29. The zero-order valence-electron chi connectivity index (χ0n) is 3.46. The van der Waals surface area contributed by atoms with Crippen molar-refractivity contribution in [2.24, 2.45) is 5.90 Å². The van der Waals surface area contributed by atoms with Crippen LogP contribution in [-0.2, 0) is 15.6 Å². The van der Waals surface area contributed by atoms with Crippen LogP contribution in [0.1, 0.15) is 0 Å². The van der Waals surface area contributed by atoms with E-state index in [1.165, 1.54) is 0 Å². The molecule has 0 aromatic rings. The first-order valence-corrected chi connectivity index (χ1v) is 1.78. The average Bonchev–Trinajstić information content (AvgIpc) is 1.38. The van der Waals surface area contributed by atoms with E-state index >= 15 is 0 Å². The third kappa shape index (κ3) is 24.4. The van der Waals surface area contributed by atoms with E-state index < -0.39 is 11.4 Å². The summed E-state index contributed by atoms with van der Waals surface area (Å²) in [6.07, 6.45) is 0. The molecule has 1 atom stereocenters. The lowest BCUT2D eigenvalue weighted by Crippen LogP contribution is -2.00. The van der Waals surface area contributed by atoms with Crippen molar-refractivity contribution in [2.45, 2.75) is 0 Å². The van der Waals surface area contributed by atoms with Gasteiger partial charge in [0.1, 0.15) is 0 Å². The van der Waals surface area contributed by atoms with Crippen LogP contribution in [0.5, 0.6) is 0 Å². The highest BCUT2D eigenvalue weighted by Gasteiger charge is 1.76.